The fraction of sp³-hybridized carbons (Fsp3) is 0.250. The van der Waals surface area contributed by atoms with Crippen molar-refractivity contribution in [2.45, 2.75) is 19.9 Å². The molecule has 0 saturated carbocycles. The third-order valence-electron chi connectivity index (χ3n) is 3.16. The van der Waals surface area contributed by atoms with Crippen LogP contribution in [-0.2, 0) is 0 Å². The molecule has 1 unspecified atom stereocenters. The van der Waals surface area contributed by atoms with Crippen LogP contribution in [0.4, 0.5) is 5.69 Å². The Morgan fingerprint density at radius 2 is 1.95 bits per heavy atom. The van der Waals surface area contributed by atoms with Crippen molar-refractivity contribution >= 4 is 33.2 Å². The predicted molar refractivity (Wildman–Crippen MR) is 88.9 cm³/mol. The fourth-order valence-electron chi connectivity index (χ4n) is 2.09. The summed E-state index contributed by atoms with van der Waals surface area (Å²) >= 11 is 9.50. The van der Waals surface area contributed by atoms with Crippen molar-refractivity contribution in [3.63, 3.8) is 0 Å². The first-order valence-corrected chi connectivity index (χ1v) is 7.54. The highest BCUT2D eigenvalue weighted by Crippen LogP contribution is 2.31. The van der Waals surface area contributed by atoms with Gasteiger partial charge < -0.3 is 10.1 Å². The molecule has 0 aliphatic rings. The molecule has 0 heterocycles. The highest BCUT2D eigenvalue weighted by molar-refractivity contribution is 9.10. The van der Waals surface area contributed by atoms with Crippen molar-refractivity contribution < 1.29 is 4.74 Å². The van der Waals surface area contributed by atoms with Gasteiger partial charge in [0.2, 0.25) is 0 Å². The molecule has 0 spiro atoms. The van der Waals surface area contributed by atoms with E-state index < -0.39 is 0 Å². The first-order valence-electron chi connectivity index (χ1n) is 6.37. The van der Waals surface area contributed by atoms with Gasteiger partial charge in [0.25, 0.3) is 0 Å². The van der Waals surface area contributed by atoms with E-state index in [1.54, 1.807) is 7.11 Å². The van der Waals surface area contributed by atoms with Gasteiger partial charge in [-0.2, -0.15) is 0 Å². The van der Waals surface area contributed by atoms with Gasteiger partial charge in [-0.05, 0) is 59.6 Å². The minimum Gasteiger partial charge on any atom is -0.496 e. The molecule has 0 amide bonds. The molecular formula is C16H17BrClNO. The summed E-state index contributed by atoms with van der Waals surface area (Å²) in [5, 5.41) is 4.13. The zero-order valence-corrected chi connectivity index (χ0v) is 14.0. The molecule has 0 radical (unpaired) electrons. The highest BCUT2D eigenvalue weighted by Gasteiger charge is 2.12. The zero-order valence-electron chi connectivity index (χ0n) is 11.7. The van der Waals surface area contributed by atoms with Crippen LogP contribution in [0.1, 0.15) is 24.1 Å². The monoisotopic (exact) mass is 353 g/mol. The molecule has 2 rings (SSSR count). The van der Waals surface area contributed by atoms with E-state index in [1.807, 2.05) is 24.3 Å². The summed E-state index contributed by atoms with van der Waals surface area (Å²) in [7, 11) is 1.70. The molecule has 0 aliphatic heterocycles. The molecule has 1 atom stereocenters. The van der Waals surface area contributed by atoms with Gasteiger partial charge in [0, 0.05) is 15.7 Å². The van der Waals surface area contributed by atoms with E-state index in [0.29, 0.717) is 5.02 Å². The zero-order chi connectivity index (χ0) is 14.7. The van der Waals surface area contributed by atoms with Gasteiger partial charge in [-0.15, -0.1) is 0 Å². The fourth-order valence-corrected chi connectivity index (χ4v) is 2.52. The molecule has 2 aromatic carbocycles. The Hall–Kier alpha value is -1.19. The number of benzene rings is 2. The smallest absolute Gasteiger partial charge is 0.124 e. The summed E-state index contributed by atoms with van der Waals surface area (Å²) in [5.74, 6) is 0.896. The van der Waals surface area contributed by atoms with Crippen LogP contribution in [0.3, 0.4) is 0 Å². The Morgan fingerprint density at radius 1 is 1.20 bits per heavy atom. The quantitative estimate of drug-likeness (QED) is 0.772. The summed E-state index contributed by atoms with van der Waals surface area (Å²) in [6, 6.07) is 12.2. The molecule has 2 aromatic rings. The molecule has 20 heavy (non-hydrogen) atoms. The lowest BCUT2D eigenvalue weighted by molar-refractivity contribution is 0.407. The number of methoxy groups -OCH3 is 1. The number of hydrogen-bond acceptors (Lipinski definition) is 2. The van der Waals surface area contributed by atoms with Gasteiger partial charge in [0.05, 0.1) is 18.2 Å². The summed E-state index contributed by atoms with van der Waals surface area (Å²) in [4.78, 5) is 0. The number of ether oxygens (including phenoxy) is 1. The average Bonchev–Trinajstić information content (AvgIpc) is 2.42. The van der Waals surface area contributed by atoms with E-state index in [0.717, 1.165) is 21.5 Å². The topological polar surface area (TPSA) is 21.3 Å². The van der Waals surface area contributed by atoms with Crippen LogP contribution in [0.15, 0.2) is 40.9 Å². The molecule has 0 aromatic heterocycles. The molecule has 2 nitrogen and oxygen atoms in total. The number of nitrogens with one attached hydrogen (secondary N) is 1. The van der Waals surface area contributed by atoms with E-state index in [1.165, 1.54) is 5.56 Å². The maximum Gasteiger partial charge on any atom is 0.124 e. The van der Waals surface area contributed by atoms with Crippen molar-refractivity contribution in [2.75, 3.05) is 12.4 Å². The van der Waals surface area contributed by atoms with Gasteiger partial charge in [0.1, 0.15) is 5.75 Å². The molecular weight excluding hydrogens is 338 g/mol. The first-order chi connectivity index (χ1) is 9.51. The van der Waals surface area contributed by atoms with E-state index >= 15 is 0 Å². The molecule has 0 aliphatic carbocycles. The van der Waals surface area contributed by atoms with Crippen molar-refractivity contribution in [1.82, 2.24) is 0 Å². The predicted octanol–water partition coefficient (Wildman–Crippen LogP) is 5.59. The van der Waals surface area contributed by atoms with Gasteiger partial charge in [-0.3, -0.25) is 0 Å². The molecule has 1 N–H and O–H groups in total. The maximum absolute atomic E-state index is 6.11. The second-order valence-corrected chi connectivity index (χ2v) is 6.00. The van der Waals surface area contributed by atoms with Crippen LogP contribution < -0.4 is 10.1 Å². The third-order valence-corrected chi connectivity index (χ3v) is 4.39. The highest BCUT2D eigenvalue weighted by atomic mass is 79.9. The van der Waals surface area contributed by atoms with Crippen molar-refractivity contribution in [3.05, 3.63) is 57.0 Å². The number of hydrogen-bond donors (Lipinski definition) is 1. The molecule has 106 valence electrons. The van der Waals surface area contributed by atoms with Gasteiger partial charge in [0.15, 0.2) is 0 Å². The van der Waals surface area contributed by atoms with Crippen molar-refractivity contribution in [3.8, 4) is 5.75 Å². The Kier molecular flexibility index (Phi) is 4.95. The number of halogens is 2. The van der Waals surface area contributed by atoms with E-state index in [-0.39, 0.29) is 6.04 Å². The van der Waals surface area contributed by atoms with Crippen molar-refractivity contribution in [1.29, 1.82) is 0 Å². The Morgan fingerprint density at radius 3 is 2.60 bits per heavy atom. The molecule has 0 bridgehead atoms. The van der Waals surface area contributed by atoms with Crippen LogP contribution in [0.25, 0.3) is 0 Å². The SMILES string of the molecule is COc1cc(C)ccc1C(C)Nc1ccc(Br)c(Cl)c1. The van der Waals surface area contributed by atoms with Gasteiger partial charge in [-0.25, -0.2) is 0 Å². The van der Waals surface area contributed by atoms with Crippen molar-refractivity contribution in [2.24, 2.45) is 0 Å². The van der Waals surface area contributed by atoms with Crippen LogP contribution in [-0.4, -0.2) is 7.11 Å². The second kappa shape index (κ2) is 6.51. The maximum atomic E-state index is 6.11. The Balaban J connectivity index is 2.23. The summed E-state index contributed by atoms with van der Waals surface area (Å²) in [6.45, 7) is 4.15. The van der Waals surface area contributed by atoms with Gasteiger partial charge in [-0.1, -0.05) is 23.7 Å². The number of anilines is 1. The number of aryl methyl sites for hydroxylation is 1. The van der Waals surface area contributed by atoms with E-state index in [9.17, 15) is 0 Å². The average molecular weight is 355 g/mol. The van der Waals surface area contributed by atoms with Crippen LogP contribution in [0, 0.1) is 6.92 Å². The van der Waals surface area contributed by atoms with Crippen LogP contribution >= 0.6 is 27.5 Å². The van der Waals surface area contributed by atoms with Gasteiger partial charge >= 0.3 is 0 Å². The summed E-state index contributed by atoms with van der Waals surface area (Å²) < 4.78 is 6.35. The standard InChI is InChI=1S/C16H17BrClNO/c1-10-4-6-13(16(8-10)20-3)11(2)19-12-5-7-14(17)15(18)9-12/h4-9,11,19H,1-3H3. The largest absolute Gasteiger partial charge is 0.496 e. The van der Waals surface area contributed by atoms with Crippen LogP contribution in [0.5, 0.6) is 5.75 Å². The Labute approximate surface area is 133 Å². The molecule has 4 heteroatoms. The normalized spacial score (nSPS) is 12.1. The minimum atomic E-state index is 0.128. The lowest BCUT2D eigenvalue weighted by Gasteiger charge is -2.19. The summed E-state index contributed by atoms with van der Waals surface area (Å²) in [5.41, 5.74) is 3.29. The summed E-state index contributed by atoms with van der Waals surface area (Å²) in [6.07, 6.45) is 0. The molecule has 0 saturated heterocycles. The molecule has 0 fully saturated rings. The lowest BCUT2D eigenvalue weighted by Crippen LogP contribution is -2.08. The van der Waals surface area contributed by atoms with E-state index in [4.69, 9.17) is 16.3 Å². The lowest BCUT2D eigenvalue weighted by atomic mass is 10.0. The first kappa shape index (κ1) is 15.2. The third kappa shape index (κ3) is 3.47. The minimum absolute atomic E-state index is 0.128. The number of rotatable bonds is 4. The van der Waals surface area contributed by atoms with E-state index in [2.05, 4.69) is 47.2 Å². The Bertz CT molecular complexity index is 615. The van der Waals surface area contributed by atoms with Crippen LogP contribution in [0.2, 0.25) is 5.02 Å². The second-order valence-electron chi connectivity index (χ2n) is 4.74.